The average molecular weight is 1610 g/mol. The fraction of sp³-hybridized carbons (Fsp3) is 0.231. The lowest BCUT2D eigenvalue weighted by Gasteiger charge is -2.18. The lowest BCUT2D eigenvalue weighted by atomic mass is 9.90. The van der Waals surface area contributed by atoms with Crippen molar-refractivity contribution in [3.8, 4) is 28.2 Å². The number of hydrogen-bond donors (Lipinski definition) is 13. The SMILES string of the molecule is CNC(=O)c1cc(NC(=O)c2cc(NC(=O)c3cc(NC(=O)c4nc(N=C(O)CCCNC(=O)c5cc(NC(=O)c6cc(NC(=O)c7nc(NC(=O)c8nc(N=C(O)CCCCCCN=C(S)Nc9ccc(-c%10c%11ccc(=O)cc-%11oc%11cc([O-])ccc%10%11)c(C(=O)O)c9)cn8C)cn7C)cn6C)cn5C)cn4C)cn3C)cn2C)cn1C. The second-order valence-electron chi connectivity index (χ2n) is 27.3. The van der Waals surface area contributed by atoms with E-state index in [0.29, 0.717) is 64.2 Å². The molecular weight excluding hydrogens is 1530 g/mol. The Hall–Kier alpha value is -15.1. The summed E-state index contributed by atoms with van der Waals surface area (Å²) in [4.78, 5) is 157. The van der Waals surface area contributed by atoms with E-state index in [9.17, 15) is 68.4 Å². The van der Waals surface area contributed by atoms with Crippen LogP contribution in [0.15, 0.2) is 159 Å². The summed E-state index contributed by atoms with van der Waals surface area (Å²) in [7, 11) is 14.3. The molecule has 604 valence electrons. The first kappa shape index (κ1) is 81.4. The van der Waals surface area contributed by atoms with Gasteiger partial charge in [0.2, 0.25) is 17.5 Å². The van der Waals surface area contributed by atoms with Crippen LogP contribution in [0.5, 0.6) is 5.75 Å². The zero-order valence-electron chi connectivity index (χ0n) is 64.5. The van der Waals surface area contributed by atoms with Gasteiger partial charge in [-0.2, -0.15) is 9.98 Å². The Labute approximate surface area is 670 Å². The first-order valence-corrected chi connectivity index (χ1v) is 36.7. The van der Waals surface area contributed by atoms with Crippen LogP contribution in [0.2, 0.25) is 0 Å². The molecule has 0 fully saturated rings. The van der Waals surface area contributed by atoms with E-state index in [2.05, 4.69) is 90.4 Å². The number of carboxylic acids is 1. The molecule has 12 N–H and O–H groups in total. The maximum absolute atomic E-state index is 13.6. The molecule has 1 aliphatic heterocycles. The van der Waals surface area contributed by atoms with Crippen LogP contribution in [0.4, 0.5) is 51.6 Å². The van der Waals surface area contributed by atoms with Gasteiger partial charge in [0.15, 0.2) is 39.8 Å². The van der Waals surface area contributed by atoms with Crippen LogP contribution in [-0.4, -0.2) is 157 Å². The molecule has 1 aliphatic carbocycles. The highest BCUT2D eigenvalue weighted by atomic mass is 32.1. The van der Waals surface area contributed by atoms with Gasteiger partial charge in [-0.1, -0.05) is 31.0 Å². The Morgan fingerprint density at radius 3 is 1.42 bits per heavy atom. The molecule has 8 aromatic heterocycles. The predicted octanol–water partition coefficient (Wildman–Crippen LogP) is 8.84. The summed E-state index contributed by atoms with van der Waals surface area (Å²) in [5.74, 6) is -6.27. The standard InChI is InChI=1S/C78H81N23O15S/c1-79-69(106)53-26-42(33-94(53)2)82-71(108)55-28-44(35-96(55)4)84-73(110)57-29-45(36-98(57)6)85-74(111)66-90-61(38-99(66)7)89-64(105)16-14-24-80-70(107)54-27-43(34-95(54)3)83-72(109)56-30-46(37-97(56)5)86-75(112)67-92-62(40-101(67)9)93-76(113)68-91-60(39-100(68)8)88-63(104)15-12-10-11-13-23-81-78(117)87-41-17-20-49(52(25-41)77(114)115)65-50-21-18-47(102)31-58(50)116-59-32-48(103)19-22-51(59)65/h17-22,25-40,102H,10-16,23-24H2,1-9H3,(H,79,106)(H,80,107)(H,82,108)(H,83,109)(H,84,110)(H,85,111)(H,86,112)(H,88,104)(H,89,105)(H,93,113)(H,114,115)(H2,81,87,117)/p-1. The number of rotatable bonds is 30. The summed E-state index contributed by atoms with van der Waals surface area (Å²) in [5.41, 5.74) is 4.20. The topological polar surface area (TPSA) is 491 Å². The van der Waals surface area contributed by atoms with Crippen LogP contribution in [0.25, 0.3) is 33.4 Å². The van der Waals surface area contributed by atoms with Crippen molar-refractivity contribution in [1.29, 1.82) is 0 Å². The number of fused-ring (bicyclic) bond motifs is 2. The van der Waals surface area contributed by atoms with Crippen LogP contribution in [0.1, 0.15) is 140 Å². The third-order valence-electron chi connectivity index (χ3n) is 18.5. The molecule has 38 nitrogen and oxygen atoms in total. The number of thiol groups is 1. The number of carboxylic acid groups (broad SMARTS) is 1. The van der Waals surface area contributed by atoms with Crippen molar-refractivity contribution in [3.05, 3.63) is 196 Å². The predicted molar refractivity (Wildman–Crippen MR) is 438 cm³/mol. The molecule has 0 spiro atoms. The molecule has 9 heterocycles. The van der Waals surface area contributed by atoms with Crippen LogP contribution >= 0.6 is 12.6 Å². The highest BCUT2D eigenvalue weighted by Gasteiger charge is 2.27. The Morgan fingerprint density at radius 2 is 0.906 bits per heavy atom. The summed E-state index contributed by atoms with van der Waals surface area (Å²) in [6.45, 7) is 0.514. The smallest absolute Gasteiger partial charge is 0.336 e. The highest BCUT2D eigenvalue weighted by Crippen LogP contribution is 2.42. The molecule has 0 unspecified atom stereocenters. The third kappa shape index (κ3) is 19.2. The van der Waals surface area contributed by atoms with Crippen LogP contribution < -0.4 is 58.4 Å². The Bertz CT molecular complexity index is 6070. The maximum Gasteiger partial charge on any atom is 0.336 e. The van der Waals surface area contributed by atoms with Gasteiger partial charge in [0.1, 0.15) is 39.8 Å². The number of aliphatic hydroxyl groups excluding tert-OH is 2. The van der Waals surface area contributed by atoms with Crippen molar-refractivity contribution in [2.75, 3.05) is 57.4 Å². The summed E-state index contributed by atoms with van der Waals surface area (Å²) >= 11 is 4.47. The number of benzene rings is 3. The number of carbonyl (C=O) groups is 9. The largest absolute Gasteiger partial charge is 0.872 e. The quantitative estimate of drug-likeness (QED) is 0.00657. The van der Waals surface area contributed by atoms with Gasteiger partial charge in [0.05, 0.1) is 46.4 Å². The lowest BCUT2D eigenvalue weighted by Crippen LogP contribution is -2.26. The number of aromatic nitrogens is 11. The summed E-state index contributed by atoms with van der Waals surface area (Å²) in [5, 5.41) is 69.5. The Balaban J connectivity index is 0.548. The molecule has 39 heteroatoms. The number of nitrogens with one attached hydrogen (secondary N) is 9. The van der Waals surface area contributed by atoms with E-state index >= 15 is 0 Å². The molecule has 0 bridgehead atoms. The number of imidazole rings is 3. The van der Waals surface area contributed by atoms with Crippen molar-refractivity contribution in [2.24, 2.45) is 71.4 Å². The Kier molecular flexibility index (Phi) is 24.3. The molecule has 0 radical (unpaired) electrons. The van der Waals surface area contributed by atoms with E-state index in [4.69, 9.17) is 4.42 Å². The van der Waals surface area contributed by atoms with Crippen molar-refractivity contribution < 1.29 is 68.0 Å². The minimum absolute atomic E-state index is 0.0212. The fourth-order valence-electron chi connectivity index (χ4n) is 12.9. The number of unbranched alkanes of at least 4 members (excludes halogenated alkanes) is 3. The highest BCUT2D eigenvalue weighted by molar-refractivity contribution is 7.97. The fourth-order valence-corrected chi connectivity index (χ4v) is 13.1. The third-order valence-corrected chi connectivity index (χ3v) is 18.8. The zero-order chi connectivity index (χ0) is 83.8. The Morgan fingerprint density at radius 1 is 0.453 bits per heavy atom. The number of aliphatic imine (C=N–C) groups is 3. The van der Waals surface area contributed by atoms with E-state index in [1.165, 1.54) is 131 Å². The molecule has 0 atom stereocenters. The molecule has 10 aromatic rings. The number of amides is 8. The first-order chi connectivity index (χ1) is 55.8. The van der Waals surface area contributed by atoms with Crippen LogP contribution in [0.3, 0.4) is 0 Å². The number of aryl methyl sites for hydroxylation is 8. The molecule has 2 aromatic carbocycles. The monoisotopic (exact) mass is 1610 g/mol. The van der Waals surface area contributed by atoms with E-state index < -0.39 is 47.3 Å². The molecule has 0 saturated heterocycles. The van der Waals surface area contributed by atoms with Gasteiger partial charge in [0.25, 0.3) is 47.3 Å². The van der Waals surface area contributed by atoms with Crippen LogP contribution in [-0.2, 0) is 56.4 Å². The molecule has 8 amide bonds. The van der Waals surface area contributed by atoms with Crippen molar-refractivity contribution >= 4 is 145 Å². The van der Waals surface area contributed by atoms with Gasteiger partial charge in [0, 0.05) is 155 Å². The zero-order valence-corrected chi connectivity index (χ0v) is 65.4. The second-order valence-corrected chi connectivity index (χ2v) is 27.7. The van der Waals surface area contributed by atoms with Crippen molar-refractivity contribution in [3.63, 3.8) is 0 Å². The normalized spacial score (nSPS) is 11.8. The van der Waals surface area contributed by atoms with Gasteiger partial charge in [-0.3, -0.25) is 48.1 Å². The maximum atomic E-state index is 13.6. The number of hydrogen-bond acceptors (Lipinski definition) is 18. The molecule has 0 saturated carbocycles. The van der Waals surface area contributed by atoms with Gasteiger partial charge >= 0.3 is 5.97 Å². The number of aliphatic hydroxyl groups is 2. The van der Waals surface area contributed by atoms with Gasteiger partial charge < -0.3 is 109 Å². The van der Waals surface area contributed by atoms with Crippen molar-refractivity contribution in [2.45, 2.75) is 44.9 Å². The minimum Gasteiger partial charge on any atom is -0.872 e. The second kappa shape index (κ2) is 34.9. The molecule has 12 rings (SSSR count). The molecule has 117 heavy (non-hydrogen) atoms. The number of amidine groups is 1. The minimum atomic E-state index is -1.21. The van der Waals surface area contributed by atoms with E-state index in [1.54, 1.807) is 104 Å². The average Bonchev–Trinajstić information content (AvgIpc) is 1.71. The van der Waals surface area contributed by atoms with E-state index in [1.807, 2.05) is 0 Å². The summed E-state index contributed by atoms with van der Waals surface area (Å²) in [6, 6.07) is 20.6. The number of carbonyl (C=O) groups excluding carboxylic acids is 8. The van der Waals surface area contributed by atoms with Gasteiger partial charge in [-0.05, 0) is 85.5 Å². The molecular formula is C78H80N23O15S-. The van der Waals surface area contributed by atoms with E-state index in [0.717, 1.165) is 12.8 Å². The van der Waals surface area contributed by atoms with E-state index in [-0.39, 0.29) is 152 Å². The number of anilines is 7. The van der Waals surface area contributed by atoms with Gasteiger partial charge in [-0.25, -0.2) is 19.7 Å². The summed E-state index contributed by atoms with van der Waals surface area (Å²) < 4.78 is 17.7. The van der Waals surface area contributed by atoms with Crippen LogP contribution in [0, 0.1) is 0 Å². The number of aromatic carboxylic acids is 1. The molecule has 2 aliphatic rings. The first-order valence-electron chi connectivity index (χ1n) is 36.2. The van der Waals surface area contributed by atoms with Crippen molar-refractivity contribution in [1.82, 2.24) is 62.1 Å². The number of nitrogens with zero attached hydrogens (tertiary/aromatic N) is 14. The summed E-state index contributed by atoms with van der Waals surface area (Å²) in [6.07, 6.45) is 15.3. The lowest BCUT2D eigenvalue weighted by molar-refractivity contribution is -0.268. The van der Waals surface area contributed by atoms with Gasteiger partial charge in [-0.15, -0.1) is 18.4 Å².